The number of aliphatic hydroxyl groups is 1. The van der Waals surface area contributed by atoms with E-state index in [0.717, 1.165) is 12.8 Å². The maximum atomic E-state index is 12.0. The van der Waals surface area contributed by atoms with Crippen molar-refractivity contribution in [3.05, 3.63) is 34.4 Å². The van der Waals surface area contributed by atoms with Gasteiger partial charge in [-0.2, -0.15) is 0 Å². The van der Waals surface area contributed by atoms with Crippen molar-refractivity contribution in [2.45, 2.75) is 18.9 Å². The average molecular weight is 280 g/mol. The van der Waals surface area contributed by atoms with Gasteiger partial charge in [-0.15, -0.1) is 0 Å². The van der Waals surface area contributed by atoms with Crippen molar-refractivity contribution in [1.82, 2.24) is 4.90 Å². The van der Waals surface area contributed by atoms with Crippen LogP contribution in [0.2, 0.25) is 0 Å². The van der Waals surface area contributed by atoms with Crippen LogP contribution in [0, 0.1) is 10.1 Å². The van der Waals surface area contributed by atoms with Crippen molar-refractivity contribution in [1.29, 1.82) is 0 Å². The van der Waals surface area contributed by atoms with Gasteiger partial charge in [-0.1, -0.05) is 12.1 Å². The van der Waals surface area contributed by atoms with Crippen molar-refractivity contribution in [3.8, 4) is 5.75 Å². The summed E-state index contributed by atoms with van der Waals surface area (Å²) in [7, 11) is 0. The number of carbonyl (C=O) groups is 1. The number of carbonyl (C=O) groups excluding carboxylic acids is 1. The number of nitrogens with zero attached hydrogens (tertiary/aromatic N) is 2. The Morgan fingerprint density at radius 3 is 2.95 bits per heavy atom. The molecule has 108 valence electrons. The molecule has 0 aliphatic carbocycles. The van der Waals surface area contributed by atoms with Crippen LogP contribution in [0.3, 0.4) is 0 Å². The van der Waals surface area contributed by atoms with Crippen molar-refractivity contribution < 1.29 is 19.6 Å². The molecule has 1 amide bonds. The number of amides is 1. The highest BCUT2D eigenvalue weighted by Gasteiger charge is 2.28. The van der Waals surface area contributed by atoms with Gasteiger partial charge < -0.3 is 14.7 Å². The molecule has 0 aromatic heterocycles. The normalized spacial score (nSPS) is 18.1. The van der Waals surface area contributed by atoms with Crippen molar-refractivity contribution in [3.63, 3.8) is 0 Å². The number of nitro groups is 1. The lowest BCUT2D eigenvalue weighted by Crippen LogP contribution is -2.40. The summed E-state index contributed by atoms with van der Waals surface area (Å²) in [4.78, 5) is 23.8. The molecule has 1 aromatic carbocycles. The standard InChI is InChI=1S/C13H16N2O5/c16-8-10-4-3-7-14(10)13(17)9-20-12-6-2-1-5-11(12)15(18)19/h1-2,5-6,10,16H,3-4,7-9H2/t10-/m0/s1. The largest absolute Gasteiger partial charge is 0.477 e. The predicted molar refractivity (Wildman–Crippen MR) is 70.4 cm³/mol. The van der Waals surface area contributed by atoms with Gasteiger partial charge in [-0.05, 0) is 18.9 Å². The van der Waals surface area contributed by atoms with Crippen LogP contribution in [0.15, 0.2) is 24.3 Å². The molecule has 1 saturated heterocycles. The maximum Gasteiger partial charge on any atom is 0.310 e. The smallest absolute Gasteiger partial charge is 0.310 e. The zero-order valence-corrected chi connectivity index (χ0v) is 10.9. The van der Waals surface area contributed by atoms with E-state index in [-0.39, 0.29) is 36.6 Å². The average Bonchev–Trinajstić information content (AvgIpc) is 2.93. The Balaban J connectivity index is 1.98. The fourth-order valence-corrected chi connectivity index (χ4v) is 2.31. The number of benzene rings is 1. The van der Waals surface area contributed by atoms with Gasteiger partial charge in [0.05, 0.1) is 17.6 Å². The highest BCUT2D eigenvalue weighted by molar-refractivity contribution is 5.78. The van der Waals surface area contributed by atoms with E-state index in [2.05, 4.69) is 0 Å². The van der Waals surface area contributed by atoms with Crippen molar-refractivity contribution in [2.24, 2.45) is 0 Å². The van der Waals surface area contributed by atoms with Gasteiger partial charge in [0.25, 0.3) is 5.91 Å². The topological polar surface area (TPSA) is 92.9 Å². The SMILES string of the molecule is O=C(COc1ccccc1[N+](=O)[O-])N1CCC[C@H]1CO. The van der Waals surface area contributed by atoms with E-state index in [9.17, 15) is 14.9 Å². The third-order valence-corrected chi connectivity index (χ3v) is 3.32. The van der Waals surface area contributed by atoms with Crippen LogP contribution in [0.25, 0.3) is 0 Å². The fraction of sp³-hybridized carbons (Fsp3) is 0.462. The lowest BCUT2D eigenvalue weighted by molar-refractivity contribution is -0.385. The number of ether oxygens (including phenoxy) is 1. The molecule has 7 nitrogen and oxygen atoms in total. The van der Waals surface area contributed by atoms with Gasteiger partial charge >= 0.3 is 5.69 Å². The van der Waals surface area contributed by atoms with Gasteiger partial charge in [0.1, 0.15) is 0 Å². The van der Waals surface area contributed by atoms with Crippen LogP contribution >= 0.6 is 0 Å². The Labute approximate surface area is 115 Å². The number of hydrogen-bond acceptors (Lipinski definition) is 5. The number of likely N-dealkylation sites (tertiary alicyclic amines) is 1. The third-order valence-electron chi connectivity index (χ3n) is 3.32. The lowest BCUT2D eigenvalue weighted by Gasteiger charge is -2.22. The summed E-state index contributed by atoms with van der Waals surface area (Å²) in [6.45, 7) is 0.253. The highest BCUT2D eigenvalue weighted by atomic mass is 16.6. The van der Waals surface area contributed by atoms with Crippen LogP contribution in [-0.4, -0.2) is 46.6 Å². The zero-order valence-electron chi connectivity index (χ0n) is 10.9. The first-order valence-electron chi connectivity index (χ1n) is 6.40. The van der Waals surface area contributed by atoms with Crippen LogP contribution in [0.4, 0.5) is 5.69 Å². The molecule has 2 rings (SSSR count). The number of rotatable bonds is 5. The number of nitro benzene ring substituents is 1. The molecule has 20 heavy (non-hydrogen) atoms. The summed E-state index contributed by atoms with van der Waals surface area (Å²) in [5.74, 6) is -0.190. The molecule has 1 aliphatic rings. The molecule has 0 radical (unpaired) electrons. The molecular formula is C13H16N2O5. The quantitative estimate of drug-likeness (QED) is 0.640. The summed E-state index contributed by atoms with van der Waals surface area (Å²) in [5.41, 5.74) is -0.166. The molecule has 0 bridgehead atoms. The first-order chi connectivity index (χ1) is 9.63. The maximum absolute atomic E-state index is 12.0. The van der Waals surface area contributed by atoms with E-state index >= 15 is 0 Å². The Kier molecular flexibility index (Phi) is 4.52. The lowest BCUT2D eigenvalue weighted by atomic mass is 10.2. The first-order valence-corrected chi connectivity index (χ1v) is 6.40. The van der Waals surface area contributed by atoms with Gasteiger partial charge in [-0.25, -0.2) is 0 Å². The van der Waals surface area contributed by atoms with Gasteiger partial charge in [0, 0.05) is 12.6 Å². The molecule has 1 heterocycles. The van der Waals surface area contributed by atoms with Crippen LogP contribution in [0.1, 0.15) is 12.8 Å². The van der Waals surface area contributed by atoms with Crippen molar-refractivity contribution >= 4 is 11.6 Å². The van der Waals surface area contributed by atoms with E-state index in [4.69, 9.17) is 9.84 Å². The molecule has 7 heteroatoms. The Hall–Kier alpha value is -2.15. The van der Waals surface area contributed by atoms with E-state index in [1.54, 1.807) is 11.0 Å². The predicted octanol–water partition coefficient (Wildman–Crippen LogP) is 0.957. The van der Waals surface area contributed by atoms with Crippen LogP contribution in [-0.2, 0) is 4.79 Å². The molecule has 1 aromatic rings. The molecule has 0 spiro atoms. The Morgan fingerprint density at radius 1 is 1.50 bits per heavy atom. The Morgan fingerprint density at radius 2 is 2.25 bits per heavy atom. The van der Waals surface area contributed by atoms with Gasteiger partial charge in [-0.3, -0.25) is 14.9 Å². The summed E-state index contributed by atoms with van der Waals surface area (Å²) in [5, 5.41) is 20.0. The fourth-order valence-electron chi connectivity index (χ4n) is 2.31. The summed E-state index contributed by atoms with van der Waals surface area (Å²) < 4.78 is 5.25. The van der Waals surface area contributed by atoms with Crippen LogP contribution < -0.4 is 4.74 Å². The second-order valence-corrected chi connectivity index (χ2v) is 4.58. The minimum Gasteiger partial charge on any atom is -0.477 e. The molecule has 0 saturated carbocycles. The molecule has 1 atom stereocenters. The van der Waals surface area contributed by atoms with E-state index < -0.39 is 4.92 Å². The number of para-hydroxylation sites is 2. The van der Waals surface area contributed by atoms with Gasteiger partial charge in [0.2, 0.25) is 0 Å². The first kappa shape index (κ1) is 14.3. The second kappa shape index (κ2) is 6.33. The van der Waals surface area contributed by atoms with E-state index in [0.29, 0.717) is 6.54 Å². The summed E-state index contributed by atoms with van der Waals surface area (Å²) >= 11 is 0. The highest BCUT2D eigenvalue weighted by Crippen LogP contribution is 2.26. The van der Waals surface area contributed by atoms with E-state index in [1.165, 1.54) is 18.2 Å². The van der Waals surface area contributed by atoms with Crippen LogP contribution in [0.5, 0.6) is 5.75 Å². The van der Waals surface area contributed by atoms with Crippen molar-refractivity contribution in [2.75, 3.05) is 19.8 Å². The second-order valence-electron chi connectivity index (χ2n) is 4.58. The van der Waals surface area contributed by atoms with Gasteiger partial charge in [0.15, 0.2) is 12.4 Å². The Bertz CT molecular complexity index is 505. The molecule has 1 fully saturated rings. The molecular weight excluding hydrogens is 264 g/mol. The third kappa shape index (κ3) is 3.05. The van der Waals surface area contributed by atoms with E-state index in [1.807, 2.05) is 0 Å². The zero-order chi connectivity index (χ0) is 14.5. The summed E-state index contributed by atoms with van der Waals surface area (Å²) in [6.07, 6.45) is 1.62. The molecule has 1 N–H and O–H groups in total. The molecule has 1 aliphatic heterocycles. The molecule has 0 unspecified atom stereocenters. The number of aliphatic hydroxyl groups excluding tert-OH is 1. The monoisotopic (exact) mass is 280 g/mol. The number of hydrogen-bond donors (Lipinski definition) is 1. The summed E-state index contributed by atoms with van der Waals surface area (Å²) in [6, 6.07) is 5.76. The minimum atomic E-state index is -0.549. The minimum absolute atomic E-state index is 0.0722.